The first-order valence-electron chi connectivity index (χ1n) is 9.79. The molecule has 1 aliphatic heterocycles. The van der Waals surface area contributed by atoms with Gasteiger partial charge in [0.25, 0.3) is 11.7 Å². The molecule has 0 atom stereocenters. The number of thiazole rings is 1. The maximum Gasteiger partial charge on any atom is 0.298 e. The van der Waals surface area contributed by atoms with Crippen LogP contribution in [0.4, 0.5) is 5.69 Å². The minimum Gasteiger partial charge on any atom is -0.495 e. The normalized spacial score (nSPS) is 15.2. The summed E-state index contributed by atoms with van der Waals surface area (Å²) in [6.07, 6.45) is 4.31. The number of ketones is 1. The first-order chi connectivity index (χ1) is 14.8. The Hall–Kier alpha value is -2.76. The Labute approximate surface area is 183 Å². The largest absolute Gasteiger partial charge is 0.495 e. The SMILES string of the molecule is COc1ccc(S(=O)(=O)N2CCCCC2)cc1NC(=O)C(=O)c1c(C)nc2sccn12. The van der Waals surface area contributed by atoms with E-state index in [4.69, 9.17) is 4.74 Å². The van der Waals surface area contributed by atoms with Crippen LogP contribution in [0.3, 0.4) is 0 Å². The number of aromatic nitrogens is 2. The maximum absolute atomic E-state index is 13.0. The Morgan fingerprint density at radius 1 is 1.19 bits per heavy atom. The van der Waals surface area contributed by atoms with Crippen molar-refractivity contribution in [1.82, 2.24) is 13.7 Å². The third-order valence-corrected chi connectivity index (χ3v) is 7.88. The van der Waals surface area contributed by atoms with Crippen LogP contribution in [0, 0.1) is 6.92 Å². The average Bonchev–Trinajstić information content (AvgIpc) is 3.33. The van der Waals surface area contributed by atoms with Gasteiger partial charge in [-0.1, -0.05) is 6.42 Å². The zero-order valence-corrected chi connectivity index (χ0v) is 18.8. The van der Waals surface area contributed by atoms with Gasteiger partial charge in [0.05, 0.1) is 23.4 Å². The Morgan fingerprint density at radius 2 is 1.94 bits per heavy atom. The molecule has 31 heavy (non-hydrogen) atoms. The van der Waals surface area contributed by atoms with E-state index in [1.807, 2.05) is 0 Å². The molecule has 9 nitrogen and oxygen atoms in total. The Bertz CT molecular complexity index is 1260. The minimum atomic E-state index is -3.71. The molecule has 3 heterocycles. The smallest absolute Gasteiger partial charge is 0.298 e. The van der Waals surface area contributed by atoms with Crippen LogP contribution in [-0.2, 0) is 14.8 Å². The lowest BCUT2D eigenvalue weighted by Gasteiger charge is -2.26. The Morgan fingerprint density at radius 3 is 2.65 bits per heavy atom. The molecule has 3 aromatic rings. The molecule has 2 aromatic heterocycles. The van der Waals surface area contributed by atoms with Crippen LogP contribution < -0.4 is 10.1 Å². The second-order valence-corrected chi connectivity index (χ2v) is 10.0. The number of nitrogens with zero attached hydrogens (tertiary/aromatic N) is 3. The first-order valence-corrected chi connectivity index (χ1v) is 12.1. The van der Waals surface area contributed by atoms with Crippen LogP contribution in [0.2, 0.25) is 0 Å². The summed E-state index contributed by atoms with van der Waals surface area (Å²) in [6.45, 7) is 2.59. The molecular formula is C20H22N4O5S2. The number of benzene rings is 1. The topological polar surface area (TPSA) is 110 Å². The number of carbonyl (C=O) groups is 2. The fourth-order valence-electron chi connectivity index (χ4n) is 3.65. The molecule has 1 fully saturated rings. The number of amides is 1. The first kappa shape index (κ1) is 21.5. The van der Waals surface area contributed by atoms with E-state index in [1.165, 1.54) is 41.0 Å². The van der Waals surface area contributed by atoms with E-state index >= 15 is 0 Å². The van der Waals surface area contributed by atoms with Crippen LogP contribution in [-0.4, -0.2) is 54.0 Å². The summed E-state index contributed by atoms with van der Waals surface area (Å²) in [7, 11) is -2.30. The van der Waals surface area contributed by atoms with Gasteiger partial charge in [-0.05, 0) is 38.0 Å². The number of methoxy groups -OCH3 is 1. The van der Waals surface area contributed by atoms with Gasteiger partial charge in [0.1, 0.15) is 11.4 Å². The van der Waals surface area contributed by atoms with Gasteiger partial charge in [-0.2, -0.15) is 4.31 Å². The number of aryl methyl sites for hydroxylation is 1. The molecule has 1 aromatic carbocycles. The van der Waals surface area contributed by atoms with E-state index in [2.05, 4.69) is 10.3 Å². The van der Waals surface area contributed by atoms with Crippen molar-refractivity contribution in [1.29, 1.82) is 0 Å². The summed E-state index contributed by atoms with van der Waals surface area (Å²) in [5.74, 6) is -1.42. The van der Waals surface area contributed by atoms with E-state index in [9.17, 15) is 18.0 Å². The third-order valence-electron chi connectivity index (χ3n) is 5.23. The highest BCUT2D eigenvalue weighted by molar-refractivity contribution is 7.89. The second kappa shape index (κ2) is 8.40. The van der Waals surface area contributed by atoms with Crippen molar-refractivity contribution < 1.29 is 22.7 Å². The van der Waals surface area contributed by atoms with Crippen molar-refractivity contribution in [2.45, 2.75) is 31.1 Å². The van der Waals surface area contributed by atoms with Gasteiger partial charge in [-0.3, -0.25) is 14.0 Å². The molecule has 0 unspecified atom stereocenters. The molecule has 4 rings (SSSR count). The number of hydrogen-bond donors (Lipinski definition) is 1. The van der Waals surface area contributed by atoms with E-state index in [0.29, 0.717) is 23.7 Å². The molecule has 0 aliphatic carbocycles. The van der Waals surface area contributed by atoms with Crippen LogP contribution in [0.1, 0.15) is 35.4 Å². The molecule has 0 radical (unpaired) electrons. The van der Waals surface area contributed by atoms with Crippen molar-refractivity contribution >= 4 is 43.7 Å². The van der Waals surface area contributed by atoms with E-state index in [0.717, 1.165) is 19.3 Å². The van der Waals surface area contributed by atoms with Crippen molar-refractivity contribution in [3.05, 3.63) is 41.2 Å². The third kappa shape index (κ3) is 3.95. The van der Waals surface area contributed by atoms with Crippen LogP contribution in [0.25, 0.3) is 4.96 Å². The summed E-state index contributed by atoms with van der Waals surface area (Å²) < 4.78 is 34.3. The van der Waals surface area contributed by atoms with Gasteiger partial charge < -0.3 is 10.1 Å². The molecule has 1 aliphatic rings. The summed E-state index contributed by atoms with van der Waals surface area (Å²) in [4.78, 5) is 30.5. The predicted octanol–water partition coefficient (Wildman–Crippen LogP) is 2.71. The number of hydrogen-bond acceptors (Lipinski definition) is 7. The van der Waals surface area contributed by atoms with Crippen LogP contribution in [0.15, 0.2) is 34.7 Å². The number of ether oxygens (including phenoxy) is 1. The number of fused-ring (bicyclic) bond motifs is 1. The summed E-state index contributed by atoms with van der Waals surface area (Å²) in [5.41, 5.74) is 0.730. The van der Waals surface area contributed by atoms with Crippen LogP contribution >= 0.6 is 11.3 Å². The summed E-state index contributed by atoms with van der Waals surface area (Å²) >= 11 is 1.36. The lowest BCUT2D eigenvalue weighted by molar-refractivity contribution is -0.112. The number of anilines is 1. The van der Waals surface area contributed by atoms with E-state index in [-0.39, 0.29) is 22.0 Å². The number of rotatable bonds is 6. The van der Waals surface area contributed by atoms with Crippen molar-refractivity contribution in [3.63, 3.8) is 0 Å². The van der Waals surface area contributed by atoms with E-state index < -0.39 is 21.7 Å². The molecule has 1 amide bonds. The van der Waals surface area contributed by atoms with Crippen molar-refractivity contribution in [2.24, 2.45) is 0 Å². The molecule has 1 saturated heterocycles. The number of carbonyl (C=O) groups excluding carboxylic acids is 2. The quantitative estimate of drug-likeness (QED) is 0.446. The van der Waals surface area contributed by atoms with Crippen LogP contribution in [0.5, 0.6) is 5.75 Å². The summed E-state index contributed by atoms with van der Waals surface area (Å²) in [5, 5.41) is 4.29. The number of imidazole rings is 1. The number of piperidine rings is 1. The lowest BCUT2D eigenvalue weighted by atomic mass is 10.2. The molecule has 1 N–H and O–H groups in total. The monoisotopic (exact) mass is 462 g/mol. The zero-order chi connectivity index (χ0) is 22.2. The highest BCUT2D eigenvalue weighted by Crippen LogP contribution is 2.30. The van der Waals surface area contributed by atoms with Gasteiger partial charge in [0.2, 0.25) is 10.0 Å². The molecule has 0 bridgehead atoms. The fourth-order valence-corrected chi connectivity index (χ4v) is 5.96. The fraction of sp³-hybridized carbons (Fsp3) is 0.350. The highest BCUT2D eigenvalue weighted by Gasteiger charge is 2.28. The molecule has 164 valence electrons. The Balaban J connectivity index is 1.63. The van der Waals surface area contributed by atoms with E-state index in [1.54, 1.807) is 22.9 Å². The molecule has 0 saturated carbocycles. The number of sulfonamides is 1. The number of nitrogens with one attached hydrogen (secondary N) is 1. The standard InChI is InChI=1S/C20H22N4O5S2/c1-13-17(24-10-11-30-20(24)21-13)18(25)19(26)22-15-12-14(6-7-16(15)29-2)31(27,28)23-8-4-3-5-9-23/h6-7,10-12H,3-5,8-9H2,1-2H3,(H,22,26). The lowest BCUT2D eigenvalue weighted by Crippen LogP contribution is -2.35. The van der Waals surface area contributed by atoms with Gasteiger partial charge >= 0.3 is 0 Å². The maximum atomic E-state index is 13.0. The average molecular weight is 463 g/mol. The van der Waals surface area contributed by atoms with Gasteiger partial charge in [0, 0.05) is 24.7 Å². The zero-order valence-electron chi connectivity index (χ0n) is 17.1. The second-order valence-electron chi connectivity index (χ2n) is 7.21. The molecule has 11 heteroatoms. The van der Waals surface area contributed by atoms with Crippen molar-refractivity contribution in [2.75, 3.05) is 25.5 Å². The Kier molecular flexibility index (Phi) is 5.82. The molecular weight excluding hydrogens is 440 g/mol. The predicted molar refractivity (Wildman–Crippen MR) is 116 cm³/mol. The highest BCUT2D eigenvalue weighted by atomic mass is 32.2. The van der Waals surface area contributed by atoms with Gasteiger partial charge in [0.15, 0.2) is 4.96 Å². The van der Waals surface area contributed by atoms with Crippen molar-refractivity contribution in [3.8, 4) is 5.75 Å². The van der Waals surface area contributed by atoms with Gasteiger partial charge in [-0.25, -0.2) is 13.4 Å². The van der Waals surface area contributed by atoms with Gasteiger partial charge in [-0.15, -0.1) is 11.3 Å². The number of Topliss-reactive ketones (excluding diaryl/α,β-unsaturated/α-hetero) is 1. The summed E-state index contributed by atoms with van der Waals surface area (Å²) in [6, 6.07) is 4.24. The minimum absolute atomic E-state index is 0.0405. The molecule has 0 spiro atoms.